The highest BCUT2D eigenvalue weighted by molar-refractivity contribution is 5.77. The zero-order valence-corrected chi connectivity index (χ0v) is 11.2. The Kier molecular flexibility index (Phi) is 6.09. The molecule has 1 unspecified atom stereocenters. The maximum Gasteiger partial charge on any atom is 0.303 e. The highest BCUT2D eigenvalue weighted by atomic mass is 19.1. The minimum absolute atomic E-state index is 0.0448. The molecule has 0 heterocycles. The van der Waals surface area contributed by atoms with Crippen molar-refractivity contribution in [3.8, 4) is 0 Å². The van der Waals surface area contributed by atoms with Gasteiger partial charge in [-0.15, -0.1) is 0 Å². The molecule has 0 saturated heterocycles. The molecular weight excluding hydrogens is 268 g/mol. The van der Waals surface area contributed by atoms with Crippen LogP contribution >= 0.6 is 0 Å². The van der Waals surface area contributed by atoms with Gasteiger partial charge in [0.05, 0.1) is 0 Å². The van der Waals surface area contributed by atoms with Gasteiger partial charge in [-0.25, -0.2) is 8.78 Å². The lowest BCUT2D eigenvalue weighted by atomic mass is 10.1. The first kappa shape index (κ1) is 16.1. The van der Waals surface area contributed by atoms with E-state index in [1.54, 1.807) is 6.92 Å². The van der Waals surface area contributed by atoms with E-state index < -0.39 is 23.6 Å². The van der Waals surface area contributed by atoms with Crippen LogP contribution < -0.4 is 5.32 Å². The van der Waals surface area contributed by atoms with Crippen molar-refractivity contribution < 1.29 is 23.5 Å². The van der Waals surface area contributed by atoms with Gasteiger partial charge in [-0.3, -0.25) is 9.59 Å². The van der Waals surface area contributed by atoms with Gasteiger partial charge in [0.25, 0.3) is 0 Å². The fourth-order valence-electron chi connectivity index (χ4n) is 1.83. The van der Waals surface area contributed by atoms with Gasteiger partial charge in [0, 0.05) is 24.4 Å². The van der Waals surface area contributed by atoms with Crippen LogP contribution in [0.4, 0.5) is 8.78 Å². The summed E-state index contributed by atoms with van der Waals surface area (Å²) in [6, 6.07) is 3.18. The molecule has 0 aliphatic rings. The highest BCUT2D eigenvalue weighted by Gasteiger charge is 2.14. The van der Waals surface area contributed by atoms with Gasteiger partial charge < -0.3 is 10.4 Å². The van der Waals surface area contributed by atoms with Crippen molar-refractivity contribution >= 4 is 11.9 Å². The second-order valence-corrected chi connectivity index (χ2v) is 4.62. The van der Waals surface area contributed by atoms with Crippen LogP contribution in [0.1, 0.15) is 31.7 Å². The van der Waals surface area contributed by atoms with Crippen molar-refractivity contribution in [2.75, 3.05) is 0 Å². The van der Waals surface area contributed by atoms with Crippen molar-refractivity contribution in [3.63, 3.8) is 0 Å². The summed E-state index contributed by atoms with van der Waals surface area (Å²) in [5, 5.41) is 11.0. The third kappa shape index (κ3) is 5.34. The van der Waals surface area contributed by atoms with Gasteiger partial charge >= 0.3 is 5.97 Å². The summed E-state index contributed by atoms with van der Waals surface area (Å²) in [7, 11) is 0. The van der Waals surface area contributed by atoms with E-state index in [0.717, 1.165) is 0 Å². The van der Waals surface area contributed by atoms with Gasteiger partial charge in [0.1, 0.15) is 11.6 Å². The number of aliphatic carboxylic acids is 1. The zero-order valence-electron chi connectivity index (χ0n) is 11.2. The Hall–Kier alpha value is -1.98. The van der Waals surface area contributed by atoms with Crippen LogP contribution in [0.15, 0.2) is 18.2 Å². The Balaban J connectivity index is 2.45. The second-order valence-electron chi connectivity index (χ2n) is 4.62. The molecule has 0 aliphatic carbocycles. The average Bonchev–Trinajstić information content (AvgIpc) is 2.33. The molecule has 1 amide bonds. The summed E-state index contributed by atoms with van der Waals surface area (Å²) >= 11 is 0. The minimum atomic E-state index is -0.959. The van der Waals surface area contributed by atoms with E-state index in [9.17, 15) is 18.4 Å². The number of amides is 1. The molecule has 4 nitrogen and oxygen atoms in total. The maximum absolute atomic E-state index is 13.4. The van der Waals surface area contributed by atoms with Crippen molar-refractivity contribution in [1.82, 2.24) is 5.32 Å². The number of halogens is 2. The lowest BCUT2D eigenvalue weighted by Gasteiger charge is -2.14. The number of carbonyl (C=O) groups is 2. The van der Waals surface area contributed by atoms with E-state index in [2.05, 4.69) is 5.32 Å². The van der Waals surface area contributed by atoms with E-state index in [0.29, 0.717) is 0 Å². The van der Waals surface area contributed by atoms with Crippen LogP contribution in [-0.4, -0.2) is 23.0 Å². The summed E-state index contributed by atoms with van der Waals surface area (Å²) < 4.78 is 26.8. The van der Waals surface area contributed by atoms with Crippen molar-refractivity contribution in [2.45, 2.75) is 38.6 Å². The fraction of sp³-hybridized carbons (Fsp3) is 0.429. The smallest absolute Gasteiger partial charge is 0.303 e. The first-order chi connectivity index (χ1) is 9.40. The Bertz CT molecular complexity index is 471. The number of hydrogen-bond donors (Lipinski definition) is 2. The van der Waals surface area contributed by atoms with E-state index in [4.69, 9.17) is 5.11 Å². The topological polar surface area (TPSA) is 66.4 Å². The molecule has 0 saturated carbocycles. The molecule has 1 atom stereocenters. The molecule has 1 aromatic carbocycles. The third-order valence-corrected chi connectivity index (χ3v) is 2.77. The van der Waals surface area contributed by atoms with E-state index >= 15 is 0 Å². The third-order valence-electron chi connectivity index (χ3n) is 2.77. The number of carboxylic acid groups (broad SMARTS) is 1. The normalized spacial score (nSPS) is 11.9. The SMILES string of the molecule is CC(Cc1c(F)cccc1F)NC(=O)CCCC(=O)O. The number of nitrogens with one attached hydrogen (secondary N) is 1. The predicted molar refractivity (Wildman–Crippen MR) is 69.2 cm³/mol. The Morgan fingerprint density at radius 1 is 1.25 bits per heavy atom. The van der Waals surface area contributed by atoms with Crippen LogP contribution in [0, 0.1) is 11.6 Å². The molecule has 1 rings (SSSR count). The molecule has 0 aliphatic heterocycles. The molecule has 0 fully saturated rings. The van der Waals surface area contributed by atoms with Crippen LogP contribution in [0.25, 0.3) is 0 Å². The lowest BCUT2D eigenvalue weighted by Crippen LogP contribution is -2.34. The first-order valence-electron chi connectivity index (χ1n) is 6.34. The Morgan fingerprint density at radius 3 is 2.40 bits per heavy atom. The van der Waals surface area contributed by atoms with Crippen LogP contribution in [-0.2, 0) is 16.0 Å². The zero-order chi connectivity index (χ0) is 15.1. The molecule has 20 heavy (non-hydrogen) atoms. The number of hydrogen-bond acceptors (Lipinski definition) is 2. The number of rotatable bonds is 7. The number of benzene rings is 1. The fourth-order valence-corrected chi connectivity index (χ4v) is 1.83. The van der Waals surface area contributed by atoms with Crippen molar-refractivity contribution in [1.29, 1.82) is 0 Å². The van der Waals surface area contributed by atoms with Gasteiger partial charge in [0.2, 0.25) is 5.91 Å². The van der Waals surface area contributed by atoms with E-state index in [1.807, 2.05) is 0 Å². The summed E-state index contributed by atoms with van der Waals surface area (Å²) in [5.41, 5.74) is -0.0640. The van der Waals surface area contributed by atoms with Gasteiger partial charge in [-0.05, 0) is 31.9 Å². The van der Waals surface area contributed by atoms with E-state index in [1.165, 1.54) is 18.2 Å². The molecule has 0 bridgehead atoms. The summed E-state index contributed by atoms with van der Waals surface area (Å²) in [6.07, 6.45) is 0.283. The standard InChI is InChI=1S/C14H17F2NO3/c1-9(17-13(18)6-3-7-14(19)20)8-10-11(15)4-2-5-12(10)16/h2,4-5,9H,3,6-8H2,1H3,(H,17,18)(H,19,20). The predicted octanol–water partition coefficient (Wildman–Crippen LogP) is 2.27. The quantitative estimate of drug-likeness (QED) is 0.807. The maximum atomic E-state index is 13.4. The summed E-state index contributed by atoms with van der Waals surface area (Å²) in [5.74, 6) is -2.57. The molecule has 6 heteroatoms. The Morgan fingerprint density at radius 2 is 1.85 bits per heavy atom. The number of carbonyl (C=O) groups excluding carboxylic acids is 1. The summed E-state index contributed by atoms with van der Waals surface area (Å²) in [6.45, 7) is 1.64. The monoisotopic (exact) mass is 285 g/mol. The van der Waals surface area contributed by atoms with Crippen molar-refractivity contribution in [2.24, 2.45) is 0 Å². The van der Waals surface area contributed by atoms with Crippen LogP contribution in [0.3, 0.4) is 0 Å². The lowest BCUT2D eigenvalue weighted by molar-refractivity contribution is -0.137. The second kappa shape index (κ2) is 7.57. The van der Waals surface area contributed by atoms with Crippen LogP contribution in [0.2, 0.25) is 0 Å². The average molecular weight is 285 g/mol. The Labute approximate surface area is 115 Å². The van der Waals surface area contributed by atoms with E-state index in [-0.39, 0.29) is 37.2 Å². The molecular formula is C14H17F2NO3. The van der Waals surface area contributed by atoms with Crippen LogP contribution in [0.5, 0.6) is 0 Å². The number of carboxylic acids is 1. The molecule has 2 N–H and O–H groups in total. The summed E-state index contributed by atoms with van der Waals surface area (Å²) in [4.78, 5) is 21.8. The molecule has 0 radical (unpaired) electrons. The molecule has 1 aromatic rings. The van der Waals surface area contributed by atoms with Gasteiger partial charge in [-0.2, -0.15) is 0 Å². The van der Waals surface area contributed by atoms with Crippen molar-refractivity contribution in [3.05, 3.63) is 35.4 Å². The molecule has 110 valence electrons. The highest BCUT2D eigenvalue weighted by Crippen LogP contribution is 2.14. The minimum Gasteiger partial charge on any atom is -0.481 e. The largest absolute Gasteiger partial charge is 0.481 e. The molecule has 0 spiro atoms. The first-order valence-corrected chi connectivity index (χ1v) is 6.34. The van der Waals surface area contributed by atoms with Gasteiger partial charge in [-0.1, -0.05) is 6.07 Å². The molecule has 0 aromatic heterocycles. The van der Waals surface area contributed by atoms with Gasteiger partial charge in [0.15, 0.2) is 0 Å².